The van der Waals surface area contributed by atoms with E-state index < -0.39 is 0 Å². The Morgan fingerprint density at radius 3 is 2.90 bits per heavy atom. The van der Waals surface area contributed by atoms with Crippen molar-refractivity contribution in [2.45, 2.75) is 63.1 Å². The molecule has 0 aromatic carbocycles. The molecule has 1 heterocycles. The van der Waals surface area contributed by atoms with Crippen LogP contribution in [0, 0.1) is 11.8 Å². The second-order valence-corrected chi connectivity index (χ2v) is 8.18. The van der Waals surface area contributed by atoms with Gasteiger partial charge in [0.15, 0.2) is 4.34 Å². The van der Waals surface area contributed by atoms with Gasteiger partial charge in [-0.25, -0.2) is 0 Å². The van der Waals surface area contributed by atoms with Crippen LogP contribution in [0.1, 0.15) is 58.8 Å². The number of anilines is 1. The number of nitrogens with zero attached hydrogens (tertiary/aromatic N) is 2. The van der Waals surface area contributed by atoms with Crippen molar-refractivity contribution in [3.63, 3.8) is 0 Å². The van der Waals surface area contributed by atoms with Gasteiger partial charge < -0.3 is 5.32 Å². The molecule has 1 unspecified atom stereocenters. The molecule has 1 atom stereocenters. The second kappa shape index (κ2) is 8.73. The highest BCUT2D eigenvalue weighted by molar-refractivity contribution is 8.01. The highest BCUT2D eigenvalue weighted by Gasteiger charge is 2.17. The molecule has 1 N–H and O–H groups in total. The number of rotatable bonds is 8. The maximum Gasteiger partial charge on any atom is 0.226 e. The zero-order chi connectivity index (χ0) is 15.1. The summed E-state index contributed by atoms with van der Waals surface area (Å²) in [4.78, 5) is 11.9. The summed E-state index contributed by atoms with van der Waals surface area (Å²) in [6, 6.07) is 0. The molecule has 0 saturated heterocycles. The maximum atomic E-state index is 11.9. The normalized spacial score (nSPS) is 17.0. The van der Waals surface area contributed by atoms with E-state index in [0.29, 0.717) is 17.5 Å². The fraction of sp³-hybridized carbons (Fsp3) is 0.800. The molecule has 0 aliphatic heterocycles. The lowest BCUT2D eigenvalue weighted by atomic mass is 10.0. The Balaban J connectivity index is 1.69. The molecule has 2 rings (SSSR count). The van der Waals surface area contributed by atoms with Crippen molar-refractivity contribution >= 4 is 34.1 Å². The van der Waals surface area contributed by atoms with Gasteiger partial charge in [-0.2, -0.15) is 0 Å². The highest BCUT2D eigenvalue weighted by atomic mass is 32.2. The Bertz CT molecular complexity index is 444. The Hall–Kier alpha value is -0.620. The predicted molar refractivity (Wildman–Crippen MR) is 89.9 cm³/mol. The van der Waals surface area contributed by atoms with Crippen molar-refractivity contribution < 1.29 is 4.79 Å². The lowest BCUT2D eigenvalue weighted by Gasteiger charge is -2.07. The Kier molecular flexibility index (Phi) is 6.96. The molecule has 118 valence electrons. The third-order valence-electron chi connectivity index (χ3n) is 4.10. The maximum absolute atomic E-state index is 11.9. The minimum Gasteiger partial charge on any atom is -0.301 e. The van der Waals surface area contributed by atoms with E-state index in [1.807, 2.05) is 0 Å². The van der Waals surface area contributed by atoms with Gasteiger partial charge in [0, 0.05) is 12.2 Å². The van der Waals surface area contributed by atoms with Crippen molar-refractivity contribution in [3.05, 3.63) is 0 Å². The molecule has 0 radical (unpaired) electrons. The molecule has 1 aliphatic carbocycles. The first-order chi connectivity index (χ1) is 10.2. The number of hydrogen-bond acceptors (Lipinski definition) is 5. The Morgan fingerprint density at radius 1 is 1.43 bits per heavy atom. The van der Waals surface area contributed by atoms with Gasteiger partial charge in [-0.05, 0) is 18.3 Å². The molecule has 1 aliphatic rings. The first-order valence-corrected chi connectivity index (χ1v) is 9.73. The summed E-state index contributed by atoms with van der Waals surface area (Å²) in [5, 5.41) is 11.7. The molecule has 1 aromatic heterocycles. The zero-order valence-electron chi connectivity index (χ0n) is 12.9. The van der Waals surface area contributed by atoms with Crippen molar-refractivity contribution in [1.29, 1.82) is 0 Å². The number of hydrogen-bond donors (Lipinski definition) is 1. The Labute approximate surface area is 135 Å². The van der Waals surface area contributed by atoms with Crippen LogP contribution in [0.2, 0.25) is 0 Å². The van der Waals surface area contributed by atoms with Gasteiger partial charge in [-0.15, -0.1) is 10.2 Å². The van der Waals surface area contributed by atoms with Gasteiger partial charge in [0.1, 0.15) is 0 Å². The predicted octanol–water partition coefficient (Wildman–Crippen LogP) is 4.59. The fourth-order valence-electron chi connectivity index (χ4n) is 2.47. The molecule has 1 fully saturated rings. The lowest BCUT2D eigenvalue weighted by molar-refractivity contribution is -0.116. The SMILES string of the molecule is CCC(C)CSc1nnc(NC(=O)CCC2CCCC2)s1. The number of carbonyl (C=O) groups excluding carboxylic acids is 1. The van der Waals surface area contributed by atoms with Gasteiger partial charge in [-0.1, -0.05) is 69.1 Å². The van der Waals surface area contributed by atoms with Gasteiger partial charge >= 0.3 is 0 Å². The standard InChI is InChI=1S/C15H25N3OS2/c1-3-11(2)10-20-15-18-17-14(21-15)16-13(19)9-8-12-6-4-5-7-12/h11-12H,3-10H2,1-2H3,(H,16,17,19). The van der Waals surface area contributed by atoms with E-state index in [9.17, 15) is 4.79 Å². The lowest BCUT2D eigenvalue weighted by Crippen LogP contribution is -2.12. The van der Waals surface area contributed by atoms with E-state index in [1.54, 1.807) is 11.8 Å². The molecule has 0 spiro atoms. The molecular weight excluding hydrogens is 302 g/mol. The zero-order valence-corrected chi connectivity index (χ0v) is 14.6. The smallest absolute Gasteiger partial charge is 0.226 e. The summed E-state index contributed by atoms with van der Waals surface area (Å²) in [5.74, 6) is 2.58. The van der Waals surface area contributed by atoms with E-state index in [4.69, 9.17) is 0 Å². The minimum absolute atomic E-state index is 0.0801. The van der Waals surface area contributed by atoms with Crippen LogP contribution in [0.15, 0.2) is 4.34 Å². The van der Waals surface area contributed by atoms with Crippen molar-refractivity contribution in [2.75, 3.05) is 11.1 Å². The van der Waals surface area contributed by atoms with Crippen LogP contribution < -0.4 is 5.32 Å². The Morgan fingerprint density at radius 2 is 2.19 bits per heavy atom. The summed E-state index contributed by atoms with van der Waals surface area (Å²) < 4.78 is 0.946. The van der Waals surface area contributed by atoms with E-state index in [2.05, 4.69) is 29.4 Å². The summed E-state index contributed by atoms with van der Waals surface area (Å²) >= 11 is 3.21. The van der Waals surface area contributed by atoms with Crippen LogP contribution in [0.25, 0.3) is 0 Å². The molecular formula is C15H25N3OS2. The van der Waals surface area contributed by atoms with Crippen LogP contribution in [0.5, 0.6) is 0 Å². The second-order valence-electron chi connectivity index (χ2n) is 5.93. The highest BCUT2D eigenvalue weighted by Crippen LogP contribution is 2.30. The summed E-state index contributed by atoms with van der Waals surface area (Å²) in [7, 11) is 0. The van der Waals surface area contributed by atoms with E-state index in [-0.39, 0.29) is 5.91 Å². The molecule has 1 aromatic rings. The number of aromatic nitrogens is 2. The molecule has 6 heteroatoms. The molecule has 21 heavy (non-hydrogen) atoms. The largest absolute Gasteiger partial charge is 0.301 e. The number of nitrogens with one attached hydrogen (secondary N) is 1. The first kappa shape index (κ1) is 16.7. The summed E-state index contributed by atoms with van der Waals surface area (Å²) in [6.07, 6.45) is 8.06. The van der Waals surface area contributed by atoms with Crippen LogP contribution in [0.4, 0.5) is 5.13 Å². The van der Waals surface area contributed by atoms with Crippen LogP contribution in [0.3, 0.4) is 0 Å². The monoisotopic (exact) mass is 327 g/mol. The molecule has 0 bridgehead atoms. The number of carbonyl (C=O) groups is 1. The molecule has 1 amide bonds. The first-order valence-electron chi connectivity index (χ1n) is 7.93. The van der Waals surface area contributed by atoms with Crippen molar-refractivity contribution in [3.8, 4) is 0 Å². The third-order valence-corrected chi connectivity index (χ3v) is 6.40. The van der Waals surface area contributed by atoms with Crippen molar-refractivity contribution in [1.82, 2.24) is 10.2 Å². The minimum atomic E-state index is 0.0801. The quantitative estimate of drug-likeness (QED) is 0.560. The fourth-order valence-corrected chi connectivity index (χ4v) is 4.40. The third kappa shape index (κ3) is 5.94. The van der Waals surface area contributed by atoms with E-state index in [0.717, 1.165) is 22.4 Å². The van der Waals surface area contributed by atoms with Gasteiger partial charge in [0.25, 0.3) is 0 Å². The molecule has 4 nitrogen and oxygen atoms in total. The van der Waals surface area contributed by atoms with Gasteiger partial charge in [-0.3, -0.25) is 4.79 Å². The van der Waals surface area contributed by atoms with E-state index in [1.165, 1.54) is 43.4 Å². The van der Waals surface area contributed by atoms with Crippen LogP contribution in [-0.2, 0) is 4.79 Å². The summed E-state index contributed by atoms with van der Waals surface area (Å²) in [6.45, 7) is 4.43. The number of amides is 1. The topological polar surface area (TPSA) is 54.9 Å². The average Bonchev–Trinajstić information content (AvgIpc) is 3.14. The van der Waals surface area contributed by atoms with Crippen LogP contribution >= 0.6 is 23.1 Å². The average molecular weight is 328 g/mol. The van der Waals surface area contributed by atoms with Crippen LogP contribution in [-0.4, -0.2) is 21.9 Å². The summed E-state index contributed by atoms with van der Waals surface area (Å²) in [5.41, 5.74) is 0. The van der Waals surface area contributed by atoms with E-state index >= 15 is 0 Å². The van der Waals surface area contributed by atoms with Gasteiger partial charge in [0.05, 0.1) is 0 Å². The molecule has 1 saturated carbocycles. The number of thioether (sulfide) groups is 1. The van der Waals surface area contributed by atoms with Crippen molar-refractivity contribution in [2.24, 2.45) is 11.8 Å². The van der Waals surface area contributed by atoms with Gasteiger partial charge in [0.2, 0.25) is 11.0 Å².